The van der Waals surface area contributed by atoms with Crippen LogP contribution in [0.2, 0.25) is 0 Å². The first-order chi connectivity index (χ1) is 8.90. The monoisotopic (exact) mass is 374 g/mol. The Hall–Kier alpha value is -0.620. The molecule has 1 atom stereocenters. The van der Waals surface area contributed by atoms with Crippen LogP contribution in [0.1, 0.15) is 23.3 Å². The van der Waals surface area contributed by atoms with Gasteiger partial charge >= 0.3 is 5.97 Å². The summed E-state index contributed by atoms with van der Waals surface area (Å²) in [6.45, 7) is 6.21. The van der Waals surface area contributed by atoms with Gasteiger partial charge in [-0.05, 0) is 19.4 Å². The van der Waals surface area contributed by atoms with E-state index in [4.69, 9.17) is 4.74 Å². The van der Waals surface area contributed by atoms with Gasteiger partial charge in [0.25, 0.3) is 0 Å². The Morgan fingerprint density at radius 1 is 1.37 bits per heavy atom. The normalized spacial score (nSPS) is 24.4. The molecule has 1 aromatic carbocycles. The quantitative estimate of drug-likeness (QED) is 0.494. The van der Waals surface area contributed by atoms with Crippen LogP contribution in [0.3, 0.4) is 0 Å². The summed E-state index contributed by atoms with van der Waals surface area (Å²) in [7, 11) is 2.17. The zero-order valence-electron chi connectivity index (χ0n) is 11.7. The molecule has 1 N–H and O–H groups in total. The summed E-state index contributed by atoms with van der Waals surface area (Å²) in [6.07, 6.45) is 0. The number of rotatable bonds is 4. The van der Waals surface area contributed by atoms with E-state index < -0.39 is 0 Å². The number of esters is 1. The molecule has 19 heavy (non-hydrogen) atoms. The molecular formula is C15H21INO2+. The number of carbonyl (C=O) groups is 1. The molecule has 1 aromatic rings. The van der Waals surface area contributed by atoms with Gasteiger partial charge in [-0.2, -0.15) is 0 Å². The van der Waals surface area contributed by atoms with Crippen molar-refractivity contribution in [2.75, 3.05) is 20.1 Å². The number of alkyl halides is 1. The van der Waals surface area contributed by atoms with Crippen LogP contribution in [0.4, 0.5) is 0 Å². The minimum atomic E-state index is -0.366. The van der Waals surface area contributed by atoms with Crippen molar-refractivity contribution in [1.29, 1.82) is 0 Å². The van der Waals surface area contributed by atoms with Crippen LogP contribution in [-0.2, 0) is 9.53 Å². The third kappa shape index (κ3) is 3.48. The second-order valence-corrected chi connectivity index (χ2v) is 7.11. The number of nitrogens with one attached hydrogen (secondary N) is 1. The van der Waals surface area contributed by atoms with Crippen LogP contribution in [-0.4, -0.2) is 31.7 Å². The van der Waals surface area contributed by atoms with Crippen LogP contribution in [0.15, 0.2) is 30.3 Å². The Bertz CT molecular complexity index is 441. The number of likely N-dealkylation sites (tertiary alicyclic amines) is 1. The summed E-state index contributed by atoms with van der Waals surface area (Å²) in [5.41, 5.74) is 0.634. The van der Waals surface area contributed by atoms with E-state index in [9.17, 15) is 4.79 Å². The lowest BCUT2D eigenvalue weighted by Gasteiger charge is -2.42. The first-order valence-electron chi connectivity index (χ1n) is 6.63. The van der Waals surface area contributed by atoms with E-state index in [1.54, 1.807) is 0 Å². The summed E-state index contributed by atoms with van der Waals surface area (Å²) >= 11 is 2.15. The minimum absolute atomic E-state index is 0.138. The molecule has 0 aromatic heterocycles. The third-order valence-electron chi connectivity index (χ3n) is 3.84. The molecule has 0 aliphatic carbocycles. The predicted octanol–water partition coefficient (Wildman–Crippen LogP) is 1.63. The molecule has 2 rings (SSSR count). The SMILES string of the molecule is C[NH+]1CC(C(C)(C)OC(=O)C(I)c2ccccc2)C1. The van der Waals surface area contributed by atoms with E-state index in [0.717, 1.165) is 18.7 Å². The predicted molar refractivity (Wildman–Crippen MR) is 83.5 cm³/mol. The highest BCUT2D eigenvalue weighted by Gasteiger charge is 2.44. The molecule has 1 unspecified atom stereocenters. The molecule has 1 heterocycles. The summed E-state index contributed by atoms with van der Waals surface area (Å²) in [4.78, 5) is 13.8. The van der Waals surface area contributed by atoms with Gasteiger partial charge in [-0.3, -0.25) is 4.79 Å². The maximum Gasteiger partial charge on any atom is 0.323 e. The van der Waals surface area contributed by atoms with Crippen molar-refractivity contribution in [2.24, 2.45) is 5.92 Å². The molecule has 3 nitrogen and oxygen atoms in total. The van der Waals surface area contributed by atoms with Crippen molar-refractivity contribution in [3.05, 3.63) is 35.9 Å². The number of benzene rings is 1. The van der Waals surface area contributed by atoms with Crippen LogP contribution >= 0.6 is 22.6 Å². The average Bonchev–Trinajstić information content (AvgIpc) is 2.34. The lowest BCUT2D eigenvalue weighted by atomic mass is 9.84. The summed E-state index contributed by atoms with van der Waals surface area (Å²) in [6, 6.07) is 9.78. The average molecular weight is 374 g/mol. The van der Waals surface area contributed by atoms with Gasteiger partial charge in [0.2, 0.25) is 0 Å². The number of hydrogen-bond donors (Lipinski definition) is 1. The van der Waals surface area contributed by atoms with Crippen LogP contribution in [0, 0.1) is 5.92 Å². The maximum absolute atomic E-state index is 12.2. The lowest BCUT2D eigenvalue weighted by molar-refractivity contribution is -0.934. The van der Waals surface area contributed by atoms with Crippen molar-refractivity contribution < 1.29 is 14.4 Å². The van der Waals surface area contributed by atoms with E-state index in [1.807, 2.05) is 44.2 Å². The van der Waals surface area contributed by atoms with Gasteiger partial charge in [-0.15, -0.1) is 0 Å². The standard InChI is InChI=1S/C15H20INO2/c1-15(2,12-9-17(3)10-12)19-14(18)13(16)11-7-5-4-6-8-11/h4-8,12-13H,9-10H2,1-3H3/p+1. The van der Waals surface area contributed by atoms with Crippen molar-refractivity contribution in [3.8, 4) is 0 Å². The largest absolute Gasteiger partial charge is 0.458 e. The highest BCUT2D eigenvalue weighted by molar-refractivity contribution is 14.1. The molecule has 0 saturated carbocycles. The molecular weight excluding hydrogens is 353 g/mol. The summed E-state index contributed by atoms with van der Waals surface area (Å²) < 4.78 is 5.51. The van der Waals surface area contributed by atoms with Gasteiger partial charge in [0.15, 0.2) is 0 Å². The van der Waals surface area contributed by atoms with Crippen LogP contribution in [0.5, 0.6) is 0 Å². The molecule has 1 aliphatic rings. The van der Waals surface area contributed by atoms with Crippen LogP contribution < -0.4 is 4.90 Å². The number of hydrogen-bond acceptors (Lipinski definition) is 2. The van der Waals surface area contributed by atoms with Crippen molar-refractivity contribution in [1.82, 2.24) is 0 Å². The molecule has 4 heteroatoms. The maximum atomic E-state index is 12.2. The van der Waals surface area contributed by atoms with Gasteiger partial charge in [0.05, 0.1) is 26.1 Å². The molecule has 0 spiro atoms. The molecule has 0 amide bonds. The summed E-state index contributed by atoms with van der Waals surface area (Å²) in [5.74, 6) is 0.331. The minimum Gasteiger partial charge on any atom is -0.458 e. The number of carbonyl (C=O) groups excluding carboxylic acids is 1. The van der Waals surface area contributed by atoms with E-state index in [2.05, 4.69) is 29.6 Å². The summed E-state index contributed by atoms with van der Waals surface area (Å²) in [5, 5.41) is 0. The van der Waals surface area contributed by atoms with Gasteiger partial charge < -0.3 is 9.64 Å². The molecule has 104 valence electrons. The fourth-order valence-electron chi connectivity index (χ4n) is 2.43. The first kappa shape index (κ1) is 14.8. The lowest BCUT2D eigenvalue weighted by Crippen LogP contribution is -3.18. The highest BCUT2D eigenvalue weighted by Crippen LogP contribution is 2.30. The second-order valence-electron chi connectivity index (χ2n) is 5.86. The number of ether oxygens (including phenoxy) is 1. The van der Waals surface area contributed by atoms with E-state index in [-0.39, 0.29) is 15.5 Å². The van der Waals surface area contributed by atoms with E-state index in [1.165, 1.54) is 4.90 Å². The number of quaternary nitrogens is 1. The Kier molecular flexibility index (Phi) is 4.50. The van der Waals surface area contributed by atoms with Crippen molar-refractivity contribution in [2.45, 2.75) is 23.4 Å². The topological polar surface area (TPSA) is 30.7 Å². The van der Waals surface area contributed by atoms with Crippen molar-refractivity contribution >= 4 is 28.6 Å². The highest BCUT2D eigenvalue weighted by atomic mass is 127. The van der Waals surface area contributed by atoms with E-state index >= 15 is 0 Å². The van der Waals surface area contributed by atoms with Gasteiger partial charge in [-0.1, -0.05) is 52.9 Å². The van der Waals surface area contributed by atoms with Crippen molar-refractivity contribution in [3.63, 3.8) is 0 Å². The fraction of sp³-hybridized carbons (Fsp3) is 0.533. The van der Waals surface area contributed by atoms with Gasteiger partial charge in [0, 0.05) is 0 Å². The van der Waals surface area contributed by atoms with E-state index in [0.29, 0.717) is 5.92 Å². The first-order valence-corrected chi connectivity index (χ1v) is 7.88. The van der Waals surface area contributed by atoms with Gasteiger partial charge in [0.1, 0.15) is 9.53 Å². The Morgan fingerprint density at radius 3 is 2.47 bits per heavy atom. The smallest absolute Gasteiger partial charge is 0.323 e. The Morgan fingerprint density at radius 2 is 1.95 bits per heavy atom. The second kappa shape index (κ2) is 5.79. The molecule has 0 bridgehead atoms. The molecule has 0 radical (unpaired) electrons. The molecule has 1 fully saturated rings. The molecule has 1 aliphatic heterocycles. The van der Waals surface area contributed by atoms with Crippen LogP contribution in [0.25, 0.3) is 0 Å². The Balaban J connectivity index is 1.97. The number of halogens is 1. The zero-order chi connectivity index (χ0) is 14.0. The molecule has 1 saturated heterocycles. The fourth-order valence-corrected chi connectivity index (χ4v) is 2.97. The third-order valence-corrected chi connectivity index (χ3v) is 5.06. The Labute approximate surface area is 128 Å². The van der Waals surface area contributed by atoms with Gasteiger partial charge in [-0.25, -0.2) is 0 Å². The zero-order valence-corrected chi connectivity index (χ0v) is 13.8.